The van der Waals surface area contributed by atoms with Gasteiger partial charge >= 0.3 is 0 Å². The third-order valence-corrected chi connectivity index (χ3v) is 4.01. The summed E-state index contributed by atoms with van der Waals surface area (Å²) in [5, 5.41) is 0. The lowest BCUT2D eigenvalue weighted by molar-refractivity contribution is 0.0131. The van der Waals surface area contributed by atoms with Gasteiger partial charge in [0.1, 0.15) is 5.82 Å². The van der Waals surface area contributed by atoms with Crippen molar-refractivity contribution in [3.8, 4) is 0 Å². The first-order valence-electron chi connectivity index (χ1n) is 7.27. The summed E-state index contributed by atoms with van der Waals surface area (Å²) in [6, 6.07) is 6.09. The van der Waals surface area contributed by atoms with Crippen molar-refractivity contribution in [1.29, 1.82) is 0 Å². The van der Waals surface area contributed by atoms with E-state index < -0.39 is 0 Å². The summed E-state index contributed by atoms with van der Waals surface area (Å²) in [6.07, 6.45) is 5.64. The number of aromatic nitrogens is 1. The number of nitrogens with zero attached hydrogens (tertiary/aromatic N) is 2. The zero-order chi connectivity index (χ0) is 12.9. The lowest BCUT2D eigenvalue weighted by atomic mass is 10.1. The monoisotopic (exact) mass is 262 g/mol. The van der Waals surface area contributed by atoms with Crippen LogP contribution in [0.5, 0.6) is 0 Å². The van der Waals surface area contributed by atoms with E-state index in [0.29, 0.717) is 12.0 Å². The second-order valence-corrected chi connectivity index (χ2v) is 5.44. The number of hydrogen-bond acceptors (Lipinski definition) is 4. The van der Waals surface area contributed by atoms with Crippen LogP contribution in [0.2, 0.25) is 0 Å². The second-order valence-electron chi connectivity index (χ2n) is 5.44. The molecule has 0 aliphatic carbocycles. The molecular weight excluding hydrogens is 240 g/mol. The highest BCUT2D eigenvalue weighted by Crippen LogP contribution is 2.21. The Morgan fingerprint density at radius 3 is 2.84 bits per heavy atom. The first-order chi connectivity index (χ1) is 9.42. The molecule has 0 amide bonds. The number of piperidine rings is 1. The van der Waals surface area contributed by atoms with Crippen LogP contribution < -0.4 is 4.90 Å². The summed E-state index contributed by atoms with van der Waals surface area (Å²) >= 11 is 0. The van der Waals surface area contributed by atoms with Crippen molar-refractivity contribution in [2.45, 2.75) is 25.4 Å². The van der Waals surface area contributed by atoms with Crippen molar-refractivity contribution < 1.29 is 9.47 Å². The van der Waals surface area contributed by atoms with Crippen LogP contribution in [0.15, 0.2) is 24.4 Å². The number of hydrogen-bond donors (Lipinski definition) is 0. The van der Waals surface area contributed by atoms with E-state index in [4.69, 9.17) is 9.47 Å². The minimum atomic E-state index is 0.417. The van der Waals surface area contributed by atoms with Gasteiger partial charge in [0.05, 0.1) is 19.3 Å². The van der Waals surface area contributed by atoms with E-state index in [0.717, 1.165) is 58.0 Å². The van der Waals surface area contributed by atoms with Crippen LogP contribution in [-0.4, -0.2) is 44.0 Å². The Labute approximate surface area is 114 Å². The van der Waals surface area contributed by atoms with E-state index in [9.17, 15) is 0 Å². The normalized spacial score (nSPS) is 24.8. The first-order valence-corrected chi connectivity index (χ1v) is 7.27. The summed E-state index contributed by atoms with van der Waals surface area (Å²) < 4.78 is 11.4. The van der Waals surface area contributed by atoms with Crippen molar-refractivity contribution in [3.05, 3.63) is 24.4 Å². The third-order valence-electron chi connectivity index (χ3n) is 4.01. The highest BCUT2D eigenvalue weighted by molar-refractivity contribution is 5.37. The van der Waals surface area contributed by atoms with Gasteiger partial charge in [-0.25, -0.2) is 4.98 Å². The van der Waals surface area contributed by atoms with Crippen LogP contribution >= 0.6 is 0 Å². The summed E-state index contributed by atoms with van der Waals surface area (Å²) in [6.45, 7) is 4.75. The van der Waals surface area contributed by atoms with Crippen molar-refractivity contribution in [3.63, 3.8) is 0 Å². The fraction of sp³-hybridized carbons (Fsp3) is 0.667. The molecule has 19 heavy (non-hydrogen) atoms. The Bertz CT molecular complexity index is 371. The second kappa shape index (κ2) is 6.35. The van der Waals surface area contributed by atoms with E-state index >= 15 is 0 Å². The Balaban J connectivity index is 1.42. The maximum absolute atomic E-state index is 6.02. The number of pyridine rings is 1. The van der Waals surface area contributed by atoms with Gasteiger partial charge in [0.15, 0.2) is 0 Å². The molecule has 2 aliphatic heterocycles. The SMILES string of the molecule is c1ccc(N2CCC(OCC3CCOC3)CC2)nc1. The molecule has 0 spiro atoms. The smallest absolute Gasteiger partial charge is 0.128 e. The molecule has 1 aromatic heterocycles. The minimum absolute atomic E-state index is 0.417. The predicted molar refractivity (Wildman–Crippen MR) is 74.4 cm³/mol. The average molecular weight is 262 g/mol. The predicted octanol–water partition coefficient (Wildman–Crippen LogP) is 2.10. The molecule has 4 nitrogen and oxygen atoms in total. The van der Waals surface area contributed by atoms with Crippen molar-refractivity contribution in [2.24, 2.45) is 5.92 Å². The topological polar surface area (TPSA) is 34.6 Å². The van der Waals surface area contributed by atoms with Crippen LogP contribution in [0.4, 0.5) is 5.82 Å². The van der Waals surface area contributed by atoms with Gasteiger partial charge in [-0.1, -0.05) is 6.07 Å². The van der Waals surface area contributed by atoms with Crippen LogP contribution in [-0.2, 0) is 9.47 Å². The van der Waals surface area contributed by atoms with Gasteiger partial charge in [0.2, 0.25) is 0 Å². The van der Waals surface area contributed by atoms with E-state index in [2.05, 4.69) is 16.0 Å². The maximum Gasteiger partial charge on any atom is 0.128 e. The molecule has 104 valence electrons. The molecule has 0 saturated carbocycles. The lowest BCUT2D eigenvalue weighted by Crippen LogP contribution is -2.38. The molecule has 4 heteroatoms. The highest BCUT2D eigenvalue weighted by atomic mass is 16.5. The molecular formula is C15H22N2O2. The maximum atomic E-state index is 6.02. The standard InChI is InChI=1S/C15H22N2O2/c1-2-7-16-15(3-1)17-8-4-14(5-9-17)19-12-13-6-10-18-11-13/h1-3,7,13-14H,4-6,8-12H2. The summed E-state index contributed by atoms with van der Waals surface area (Å²) in [4.78, 5) is 6.75. The van der Waals surface area contributed by atoms with Crippen molar-refractivity contribution in [2.75, 3.05) is 37.8 Å². The van der Waals surface area contributed by atoms with E-state index in [-0.39, 0.29) is 0 Å². The molecule has 1 aromatic rings. The lowest BCUT2D eigenvalue weighted by Gasteiger charge is -2.33. The average Bonchev–Trinajstić information content (AvgIpc) is 3.00. The van der Waals surface area contributed by atoms with Crippen LogP contribution in [0, 0.1) is 5.92 Å². The summed E-state index contributed by atoms with van der Waals surface area (Å²) in [5.74, 6) is 1.71. The Kier molecular flexibility index (Phi) is 4.30. The van der Waals surface area contributed by atoms with Crippen LogP contribution in [0.1, 0.15) is 19.3 Å². The van der Waals surface area contributed by atoms with Gasteiger partial charge in [-0.2, -0.15) is 0 Å². The van der Waals surface area contributed by atoms with Crippen LogP contribution in [0.3, 0.4) is 0 Å². The largest absolute Gasteiger partial charge is 0.381 e. The van der Waals surface area contributed by atoms with Gasteiger partial charge in [0, 0.05) is 31.8 Å². The zero-order valence-corrected chi connectivity index (χ0v) is 11.3. The van der Waals surface area contributed by atoms with Crippen molar-refractivity contribution >= 4 is 5.82 Å². The molecule has 0 aromatic carbocycles. The molecule has 2 fully saturated rings. The Morgan fingerprint density at radius 1 is 1.26 bits per heavy atom. The van der Waals surface area contributed by atoms with Gasteiger partial charge in [-0.05, 0) is 31.4 Å². The minimum Gasteiger partial charge on any atom is -0.381 e. The van der Waals surface area contributed by atoms with E-state index in [1.54, 1.807) is 0 Å². The molecule has 0 N–H and O–H groups in total. The summed E-state index contributed by atoms with van der Waals surface area (Å²) in [7, 11) is 0. The number of rotatable bonds is 4. The third kappa shape index (κ3) is 3.45. The molecule has 1 atom stereocenters. The van der Waals surface area contributed by atoms with E-state index in [1.807, 2.05) is 18.3 Å². The van der Waals surface area contributed by atoms with Crippen molar-refractivity contribution in [1.82, 2.24) is 4.98 Å². The van der Waals surface area contributed by atoms with Gasteiger partial charge < -0.3 is 14.4 Å². The highest BCUT2D eigenvalue weighted by Gasteiger charge is 2.23. The molecule has 3 heterocycles. The van der Waals surface area contributed by atoms with Gasteiger partial charge in [0.25, 0.3) is 0 Å². The quantitative estimate of drug-likeness (QED) is 0.832. The summed E-state index contributed by atoms with van der Waals surface area (Å²) in [5.41, 5.74) is 0. The molecule has 3 rings (SSSR count). The Hall–Kier alpha value is -1.13. The molecule has 2 aliphatic rings. The molecule has 0 radical (unpaired) electrons. The van der Waals surface area contributed by atoms with Gasteiger partial charge in [-0.15, -0.1) is 0 Å². The fourth-order valence-electron chi connectivity index (χ4n) is 2.78. The zero-order valence-electron chi connectivity index (χ0n) is 11.3. The fourth-order valence-corrected chi connectivity index (χ4v) is 2.78. The number of ether oxygens (including phenoxy) is 2. The van der Waals surface area contributed by atoms with Crippen LogP contribution in [0.25, 0.3) is 0 Å². The first kappa shape index (κ1) is 12.9. The molecule has 0 bridgehead atoms. The molecule has 2 saturated heterocycles. The number of anilines is 1. The van der Waals surface area contributed by atoms with E-state index in [1.165, 1.54) is 0 Å². The Morgan fingerprint density at radius 2 is 2.16 bits per heavy atom. The molecule has 1 unspecified atom stereocenters. The van der Waals surface area contributed by atoms with Gasteiger partial charge in [-0.3, -0.25) is 0 Å².